The molecule has 3 rings (SSSR count). The summed E-state index contributed by atoms with van der Waals surface area (Å²) in [4.78, 5) is 18.9. The van der Waals surface area contributed by atoms with Crippen LogP contribution in [0.3, 0.4) is 0 Å². The Balaban J connectivity index is 1.61. The monoisotopic (exact) mass is 375 g/mol. The fraction of sp³-hybridized carbons (Fsp3) is 0.474. The summed E-state index contributed by atoms with van der Waals surface area (Å²) in [6, 6.07) is 8.42. The van der Waals surface area contributed by atoms with E-state index in [1.165, 1.54) is 5.56 Å². The number of aliphatic hydroxyl groups is 1. The summed E-state index contributed by atoms with van der Waals surface area (Å²) >= 11 is 1.55. The highest BCUT2D eigenvalue weighted by molar-refractivity contribution is 7.13. The van der Waals surface area contributed by atoms with Crippen molar-refractivity contribution in [3.63, 3.8) is 0 Å². The van der Waals surface area contributed by atoms with Crippen LogP contribution in [0.1, 0.15) is 18.2 Å². The molecule has 0 aliphatic carbocycles. The Hall–Kier alpha value is -1.80. The number of ether oxygens (including phenoxy) is 1. The van der Waals surface area contributed by atoms with Crippen molar-refractivity contribution in [2.75, 3.05) is 32.8 Å². The van der Waals surface area contributed by atoms with Crippen molar-refractivity contribution >= 4 is 17.2 Å². The number of hydrogen-bond donors (Lipinski definition) is 2. The zero-order chi connectivity index (χ0) is 18.4. The summed E-state index contributed by atoms with van der Waals surface area (Å²) in [7, 11) is 0. The number of benzene rings is 1. The first-order chi connectivity index (χ1) is 12.6. The molecule has 1 unspecified atom stereocenters. The van der Waals surface area contributed by atoms with Gasteiger partial charge in [0.15, 0.2) is 0 Å². The lowest BCUT2D eigenvalue weighted by Crippen LogP contribution is -2.35. The van der Waals surface area contributed by atoms with E-state index < -0.39 is 6.10 Å². The molecule has 140 valence electrons. The predicted molar refractivity (Wildman–Crippen MR) is 102 cm³/mol. The molecular weight excluding hydrogens is 350 g/mol. The fourth-order valence-electron chi connectivity index (χ4n) is 2.83. The summed E-state index contributed by atoms with van der Waals surface area (Å²) in [6.45, 7) is 6.35. The van der Waals surface area contributed by atoms with Crippen molar-refractivity contribution in [3.8, 4) is 10.6 Å². The third-order valence-corrected chi connectivity index (χ3v) is 5.11. The van der Waals surface area contributed by atoms with Crippen LogP contribution in [0.2, 0.25) is 0 Å². The maximum atomic E-state index is 11.9. The van der Waals surface area contributed by atoms with Crippen LogP contribution in [0.15, 0.2) is 29.6 Å². The van der Waals surface area contributed by atoms with Gasteiger partial charge in [-0.15, -0.1) is 11.3 Å². The topological polar surface area (TPSA) is 74.7 Å². The minimum Gasteiger partial charge on any atom is -0.392 e. The number of morpholine rings is 1. The number of hydrogen-bond acceptors (Lipinski definition) is 6. The summed E-state index contributed by atoms with van der Waals surface area (Å²) in [5.41, 5.74) is 3.10. The number of amides is 1. The van der Waals surface area contributed by atoms with E-state index in [2.05, 4.69) is 39.5 Å². The lowest BCUT2D eigenvalue weighted by atomic mass is 10.1. The van der Waals surface area contributed by atoms with Crippen molar-refractivity contribution < 1.29 is 14.6 Å². The number of aromatic nitrogens is 1. The van der Waals surface area contributed by atoms with E-state index in [0.29, 0.717) is 0 Å². The molecule has 1 amide bonds. The quantitative estimate of drug-likeness (QED) is 0.770. The Morgan fingerprint density at radius 1 is 1.42 bits per heavy atom. The Morgan fingerprint density at radius 2 is 2.23 bits per heavy atom. The summed E-state index contributed by atoms with van der Waals surface area (Å²) in [5.74, 6) is -0.121. The van der Waals surface area contributed by atoms with Gasteiger partial charge in [-0.05, 0) is 18.6 Å². The zero-order valence-electron chi connectivity index (χ0n) is 15.0. The van der Waals surface area contributed by atoms with Gasteiger partial charge < -0.3 is 15.2 Å². The number of carbonyl (C=O) groups is 1. The van der Waals surface area contributed by atoms with E-state index in [1.54, 1.807) is 18.3 Å². The first-order valence-electron chi connectivity index (χ1n) is 8.89. The van der Waals surface area contributed by atoms with Crippen molar-refractivity contribution in [2.45, 2.75) is 26.0 Å². The van der Waals surface area contributed by atoms with Crippen LogP contribution in [0, 0.1) is 0 Å². The Bertz CT molecular complexity index is 726. The second-order valence-electron chi connectivity index (χ2n) is 6.56. The standard InChI is InChI=1S/C19H25N3O3S/c1-14(23)11-20-18(24)10-17-13-26-19(21-17)16-4-2-3-15(9-16)12-22-5-7-25-8-6-22/h2-4,9,13-14,23H,5-8,10-12H2,1H3,(H,20,24). The highest BCUT2D eigenvalue weighted by Crippen LogP contribution is 2.25. The number of nitrogens with one attached hydrogen (secondary N) is 1. The molecule has 1 atom stereocenters. The van der Waals surface area contributed by atoms with Gasteiger partial charge in [-0.25, -0.2) is 4.98 Å². The lowest BCUT2D eigenvalue weighted by molar-refractivity contribution is -0.120. The summed E-state index contributed by atoms with van der Waals surface area (Å²) < 4.78 is 5.40. The number of thiazole rings is 1. The van der Waals surface area contributed by atoms with Crippen molar-refractivity contribution in [3.05, 3.63) is 40.9 Å². The molecular formula is C19H25N3O3S. The Kier molecular flexibility index (Phi) is 6.73. The predicted octanol–water partition coefficient (Wildman–Crippen LogP) is 1.68. The van der Waals surface area contributed by atoms with Gasteiger partial charge in [-0.1, -0.05) is 18.2 Å². The number of carbonyl (C=O) groups excluding carboxylic acids is 1. The van der Waals surface area contributed by atoms with Gasteiger partial charge in [-0.3, -0.25) is 9.69 Å². The average Bonchev–Trinajstić information content (AvgIpc) is 3.09. The Morgan fingerprint density at radius 3 is 3.00 bits per heavy atom. The molecule has 2 N–H and O–H groups in total. The molecule has 0 bridgehead atoms. The maximum absolute atomic E-state index is 11.9. The fourth-order valence-corrected chi connectivity index (χ4v) is 3.65. The van der Waals surface area contributed by atoms with Crippen LogP contribution < -0.4 is 5.32 Å². The van der Waals surface area contributed by atoms with Gasteiger partial charge in [0, 0.05) is 37.1 Å². The minimum absolute atomic E-state index is 0.121. The smallest absolute Gasteiger partial charge is 0.226 e. The van der Waals surface area contributed by atoms with Crippen molar-refractivity contribution in [1.82, 2.24) is 15.2 Å². The largest absolute Gasteiger partial charge is 0.392 e. The third-order valence-electron chi connectivity index (χ3n) is 4.17. The van der Waals surface area contributed by atoms with Crippen LogP contribution in [0.25, 0.3) is 10.6 Å². The molecule has 1 saturated heterocycles. The van der Waals surface area contributed by atoms with Crippen molar-refractivity contribution in [2.24, 2.45) is 0 Å². The van der Waals surface area contributed by atoms with Crippen LogP contribution in [-0.2, 0) is 22.5 Å². The first-order valence-corrected chi connectivity index (χ1v) is 9.76. The van der Waals surface area contributed by atoms with Gasteiger partial charge in [-0.2, -0.15) is 0 Å². The van der Waals surface area contributed by atoms with Crippen LogP contribution in [-0.4, -0.2) is 59.8 Å². The van der Waals surface area contributed by atoms with Crippen LogP contribution in [0.4, 0.5) is 0 Å². The molecule has 6 nitrogen and oxygen atoms in total. The second kappa shape index (κ2) is 9.23. The van der Waals surface area contributed by atoms with Crippen LogP contribution in [0.5, 0.6) is 0 Å². The highest BCUT2D eigenvalue weighted by atomic mass is 32.1. The zero-order valence-corrected chi connectivity index (χ0v) is 15.8. The maximum Gasteiger partial charge on any atom is 0.226 e. The first kappa shape index (κ1) is 19.0. The van der Waals surface area contributed by atoms with E-state index >= 15 is 0 Å². The van der Waals surface area contributed by atoms with Gasteiger partial charge >= 0.3 is 0 Å². The van der Waals surface area contributed by atoms with Gasteiger partial charge in [0.1, 0.15) is 5.01 Å². The molecule has 1 aliphatic rings. The third kappa shape index (κ3) is 5.60. The molecule has 26 heavy (non-hydrogen) atoms. The Labute approximate surface area is 157 Å². The molecule has 1 aliphatic heterocycles. The molecule has 2 aromatic rings. The summed E-state index contributed by atoms with van der Waals surface area (Å²) in [6.07, 6.45) is -0.310. The molecule has 7 heteroatoms. The van der Waals surface area contributed by atoms with E-state index in [-0.39, 0.29) is 18.9 Å². The van der Waals surface area contributed by atoms with Gasteiger partial charge in [0.2, 0.25) is 5.91 Å². The lowest BCUT2D eigenvalue weighted by Gasteiger charge is -2.26. The van der Waals surface area contributed by atoms with Crippen molar-refractivity contribution in [1.29, 1.82) is 0 Å². The van der Waals surface area contributed by atoms with Gasteiger partial charge in [0.25, 0.3) is 0 Å². The molecule has 1 aromatic heterocycles. The number of nitrogens with zero attached hydrogens (tertiary/aromatic N) is 2. The normalized spacial score (nSPS) is 16.4. The molecule has 1 aromatic carbocycles. The van der Waals surface area contributed by atoms with E-state index in [9.17, 15) is 9.90 Å². The minimum atomic E-state index is -0.542. The average molecular weight is 375 g/mol. The van der Waals surface area contributed by atoms with Gasteiger partial charge in [0.05, 0.1) is 31.4 Å². The number of aliphatic hydroxyl groups excluding tert-OH is 1. The van der Waals surface area contributed by atoms with E-state index in [1.807, 2.05) is 5.38 Å². The number of rotatable bonds is 7. The molecule has 0 spiro atoms. The van der Waals surface area contributed by atoms with Crippen LogP contribution >= 0.6 is 11.3 Å². The summed E-state index contributed by atoms with van der Waals surface area (Å²) in [5, 5.41) is 14.8. The van der Waals surface area contributed by atoms with E-state index in [4.69, 9.17) is 4.74 Å². The molecule has 1 fully saturated rings. The molecule has 0 radical (unpaired) electrons. The molecule has 2 heterocycles. The van der Waals surface area contributed by atoms with E-state index in [0.717, 1.165) is 49.1 Å². The highest BCUT2D eigenvalue weighted by Gasteiger charge is 2.13. The second-order valence-corrected chi connectivity index (χ2v) is 7.42. The SMILES string of the molecule is CC(O)CNC(=O)Cc1csc(-c2cccc(CN3CCOCC3)c2)n1. The molecule has 0 saturated carbocycles.